The predicted octanol–water partition coefficient (Wildman–Crippen LogP) is 4.03. The van der Waals surface area contributed by atoms with Gasteiger partial charge in [0.25, 0.3) is 5.56 Å². The lowest BCUT2D eigenvalue weighted by Gasteiger charge is -2.28. The lowest BCUT2D eigenvalue weighted by Crippen LogP contribution is -2.32. The van der Waals surface area contributed by atoms with Crippen LogP contribution in [0.4, 0.5) is 10.1 Å². The number of nitrogens with one attached hydrogen (secondary N) is 1. The Balaban J connectivity index is 1.44. The molecule has 0 saturated carbocycles. The summed E-state index contributed by atoms with van der Waals surface area (Å²) in [4.78, 5) is 28.6. The van der Waals surface area contributed by atoms with Crippen molar-refractivity contribution in [2.24, 2.45) is 0 Å². The molecule has 178 valence electrons. The molecule has 0 atom stereocenters. The van der Waals surface area contributed by atoms with Crippen LogP contribution in [-0.4, -0.2) is 26.7 Å². The Labute approximate surface area is 203 Å². The molecule has 0 unspecified atom stereocenters. The van der Waals surface area contributed by atoms with E-state index in [0.717, 1.165) is 29.9 Å². The van der Waals surface area contributed by atoms with Gasteiger partial charge in [-0.2, -0.15) is 0 Å². The van der Waals surface area contributed by atoms with Gasteiger partial charge in [0, 0.05) is 30.9 Å². The van der Waals surface area contributed by atoms with E-state index in [1.54, 1.807) is 6.07 Å². The first-order chi connectivity index (χ1) is 17.1. The van der Waals surface area contributed by atoms with Gasteiger partial charge < -0.3 is 5.32 Å². The Morgan fingerprint density at radius 3 is 2.23 bits per heavy atom. The van der Waals surface area contributed by atoms with Gasteiger partial charge in [0.05, 0.1) is 12.2 Å². The third-order valence-corrected chi connectivity index (χ3v) is 6.32. The number of hydrogen-bond acceptors (Lipinski definition) is 3. The van der Waals surface area contributed by atoms with Crippen molar-refractivity contribution in [2.45, 2.75) is 32.6 Å². The summed E-state index contributed by atoms with van der Waals surface area (Å²) >= 11 is 0. The van der Waals surface area contributed by atoms with E-state index in [1.165, 1.54) is 28.4 Å². The van der Waals surface area contributed by atoms with Crippen LogP contribution >= 0.6 is 0 Å². The van der Waals surface area contributed by atoms with E-state index in [1.807, 2.05) is 53.2 Å². The fourth-order valence-corrected chi connectivity index (χ4v) is 4.65. The maximum Gasteiger partial charge on any atom is 0.270 e. The van der Waals surface area contributed by atoms with Gasteiger partial charge in [0.2, 0.25) is 5.91 Å². The van der Waals surface area contributed by atoms with Crippen LogP contribution in [0.1, 0.15) is 22.4 Å². The number of carbonyl (C=O) groups excluding carboxylic acids is 1. The van der Waals surface area contributed by atoms with Crippen molar-refractivity contribution in [3.05, 3.63) is 123 Å². The number of aromatic nitrogens is 2. The van der Waals surface area contributed by atoms with Crippen molar-refractivity contribution >= 4 is 11.6 Å². The van der Waals surface area contributed by atoms with Gasteiger partial charge in [-0.05, 0) is 35.7 Å². The summed E-state index contributed by atoms with van der Waals surface area (Å²) in [7, 11) is 0. The average Bonchev–Trinajstić information content (AvgIpc) is 3.10. The van der Waals surface area contributed by atoms with Crippen LogP contribution < -0.4 is 10.9 Å². The van der Waals surface area contributed by atoms with Crippen LogP contribution in [0.15, 0.2) is 89.7 Å². The van der Waals surface area contributed by atoms with Gasteiger partial charge >= 0.3 is 0 Å². The first kappa shape index (κ1) is 22.8. The number of rotatable bonds is 7. The standard InChI is InChI=1S/C28H27FN4O2/c29-23-12-7-13-24(16-23)30-27(34)20-33-28(35)25-14-15-31(17-21-8-3-1-4-9-21)19-26(25)32(33)18-22-10-5-2-6-11-22/h1-13,16H,14-15,17-20H2,(H,30,34). The molecule has 0 spiro atoms. The molecular formula is C28H27FN4O2. The summed E-state index contributed by atoms with van der Waals surface area (Å²) in [6, 6.07) is 25.9. The summed E-state index contributed by atoms with van der Waals surface area (Å²) in [5.41, 5.74) is 4.21. The zero-order valence-corrected chi connectivity index (χ0v) is 19.4. The van der Waals surface area contributed by atoms with E-state index in [0.29, 0.717) is 25.2 Å². The van der Waals surface area contributed by atoms with Gasteiger partial charge in [0.1, 0.15) is 12.4 Å². The Morgan fingerprint density at radius 1 is 0.857 bits per heavy atom. The molecule has 1 aromatic heterocycles. The topological polar surface area (TPSA) is 59.3 Å². The highest BCUT2D eigenvalue weighted by molar-refractivity contribution is 5.90. The number of fused-ring (bicyclic) bond motifs is 1. The molecule has 35 heavy (non-hydrogen) atoms. The number of nitrogens with zero attached hydrogens (tertiary/aromatic N) is 3. The first-order valence-electron chi connectivity index (χ1n) is 11.7. The smallest absolute Gasteiger partial charge is 0.270 e. The van der Waals surface area contributed by atoms with Crippen molar-refractivity contribution in [3.63, 3.8) is 0 Å². The van der Waals surface area contributed by atoms with Gasteiger partial charge in [-0.3, -0.25) is 19.2 Å². The molecule has 3 aromatic carbocycles. The lowest BCUT2D eigenvalue weighted by atomic mass is 10.1. The van der Waals surface area contributed by atoms with Crippen molar-refractivity contribution in [2.75, 3.05) is 11.9 Å². The van der Waals surface area contributed by atoms with E-state index < -0.39 is 5.82 Å². The molecule has 6 nitrogen and oxygen atoms in total. The molecule has 1 aliphatic heterocycles. The maximum absolute atomic E-state index is 13.5. The lowest BCUT2D eigenvalue weighted by molar-refractivity contribution is -0.117. The normalized spacial score (nSPS) is 13.4. The minimum atomic E-state index is -0.429. The molecule has 0 fully saturated rings. The second-order valence-corrected chi connectivity index (χ2v) is 8.84. The molecule has 0 radical (unpaired) electrons. The summed E-state index contributed by atoms with van der Waals surface area (Å²) in [6.07, 6.45) is 0.633. The van der Waals surface area contributed by atoms with Gasteiger partial charge in [-0.1, -0.05) is 66.7 Å². The van der Waals surface area contributed by atoms with E-state index in [4.69, 9.17) is 0 Å². The predicted molar refractivity (Wildman–Crippen MR) is 134 cm³/mol. The number of halogens is 1. The molecule has 1 amide bonds. The van der Waals surface area contributed by atoms with Crippen LogP contribution in [-0.2, 0) is 37.4 Å². The van der Waals surface area contributed by atoms with Gasteiger partial charge in [-0.25, -0.2) is 9.07 Å². The van der Waals surface area contributed by atoms with Crippen LogP contribution in [0.5, 0.6) is 0 Å². The van der Waals surface area contributed by atoms with E-state index in [2.05, 4.69) is 22.3 Å². The molecule has 5 rings (SSSR count). The van der Waals surface area contributed by atoms with E-state index >= 15 is 0 Å². The minimum absolute atomic E-state index is 0.135. The molecule has 4 aromatic rings. The van der Waals surface area contributed by atoms with Crippen molar-refractivity contribution in [1.29, 1.82) is 0 Å². The van der Waals surface area contributed by atoms with Gasteiger partial charge in [0.15, 0.2) is 0 Å². The maximum atomic E-state index is 13.5. The summed E-state index contributed by atoms with van der Waals surface area (Å²) < 4.78 is 17.0. The Morgan fingerprint density at radius 2 is 1.54 bits per heavy atom. The molecule has 2 heterocycles. The molecule has 0 aliphatic carbocycles. The van der Waals surface area contributed by atoms with Crippen molar-refractivity contribution < 1.29 is 9.18 Å². The second kappa shape index (κ2) is 10.1. The van der Waals surface area contributed by atoms with Crippen LogP contribution in [0.3, 0.4) is 0 Å². The highest BCUT2D eigenvalue weighted by Gasteiger charge is 2.27. The largest absolute Gasteiger partial charge is 0.324 e. The molecule has 0 saturated heterocycles. The number of benzene rings is 3. The molecular weight excluding hydrogens is 443 g/mol. The Bertz CT molecular complexity index is 1380. The monoisotopic (exact) mass is 470 g/mol. The molecule has 1 aliphatic rings. The fourth-order valence-electron chi connectivity index (χ4n) is 4.65. The zero-order valence-electron chi connectivity index (χ0n) is 19.4. The quantitative estimate of drug-likeness (QED) is 0.444. The van der Waals surface area contributed by atoms with E-state index in [-0.39, 0.29) is 18.0 Å². The van der Waals surface area contributed by atoms with Gasteiger partial charge in [-0.15, -0.1) is 0 Å². The molecule has 1 N–H and O–H groups in total. The molecule has 0 bridgehead atoms. The van der Waals surface area contributed by atoms with Crippen molar-refractivity contribution in [3.8, 4) is 0 Å². The number of anilines is 1. The van der Waals surface area contributed by atoms with Crippen molar-refractivity contribution in [1.82, 2.24) is 14.3 Å². The Hall–Kier alpha value is -3.97. The number of hydrogen-bond donors (Lipinski definition) is 1. The third kappa shape index (κ3) is 5.25. The first-order valence-corrected chi connectivity index (χ1v) is 11.7. The number of carbonyl (C=O) groups is 1. The van der Waals surface area contributed by atoms with Crippen LogP contribution in [0.25, 0.3) is 0 Å². The van der Waals surface area contributed by atoms with Crippen LogP contribution in [0.2, 0.25) is 0 Å². The molecule has 7 heteroatoms. The Kier molecular flexibility index (Phi) is 6.59. The highest BCUT2D eigenvalue weighted by atomic mass is 19.1. The summed E-state index contributed by atoms with van der Waals surface area (Å²) in [5, 5.41) is 2.71. The second-order valence-electron chi connectivity index (χ2n) is 8.84. The fraction of sp³-hybridized carbons (Fsp3) is 0.214. The minimum Gasteiger partial charge on any atom is -0.324 e. The van der Waals surface area contributed by atoms with Crippen LogP contribution in [0, 0.1) is 5.82 Å². The average molecular weight is 471 g/mol. The third-order valence-electron chi connectivity index (χ3n) is 6.32. The van der Waals surface area contributed by atoms with E-state index in [9.17, 15) is 14.0 Å². The number of amides is 1. The SMILES string of the molecule is O=C(Cn1c(=O)c2c(n1Cc1ccccc1)CN(Cc1ccccc1)CC2)Nc1cccc(F)c1. The summed E-state index contributed by atoms with van der Waals surface area (Å²) in [5.74, 6) is -0.801. The highest BCUT2D eigenvalue weighted by Crippen LogP contribution is 2.21. The zero-order chi connectivity index (χ0) is 24.2. The summed E-state index contributed by atoms with van der Waals surface area (Å²) in [6.45, 7) is 2.55.